The second-order valence-electron chi connectivity index (χ2n) is 6.97. The molecule has 0 unspecified atom stereocenters. The van der Waals surface area contributed by atoms with Gasteiger partial charge in [-0.25, -0.2) is 9.97 Å². The number of amides is 2. The van der Waals surface area contributed by atoms with Gasteiger partial charge in [-0.2, -0.15) is 0 Å². The van der Waals surface area contributed by atoms with Crippen molar-refractivity contribution in [2.45, 2.75) is 6.10 Å². The van der Waals surface area contributed by atoms with Crippen molar-refractivity contribution >= 4 is 39.2 Å². The number of carbonyl (C=O) groups excluding carboxylic acids is 2. The van der Waals surface area contributed by atoms with Crippen molar-refractivity contribution in [3.05, 3.63) is 52.7 Å². The van der Waals surface area contributed by atoms with Gasteiger partial charge in [-0.1, -0.05) is 6.07 Å². The Balaban J connectivity index is 1.64. The zero-order valence-corrected chi connectivity index (χ0v) is 17.8. The van der Waals surface area contributed by atoms with E-state index in [1.54, 1.807) is 36.5 Å². The molecule has 1 fully saturated rings. The Kier molecular flexibility index (Phi) is 6.40. The predicted octanol–water partition coefficient (Wildman–Crippen LogP) is 1.67. The maximum atomic E-state index is 13.1. The first-order chi connectivity index (χ1) is 15.1. The van der Waals surface area contributed by atoms with Gasteiger partial charge in [0.15, 0.2) is 0 Å². The van der Waals surface area contributed by atoms with Gasteiger partial charge in [-0.05, 0) is 18.2 Å². The second-order valence-corrected chi connectivity index (χ2v) is 7.97. The predicted molar refractivity (Wildman–Crippen MR) is 117 cm³/mol. The lowest BCUT2D eigenvalue weighted by Gasteiger charge is -2.33. The lowest BCUT2D eigenvalue weighted by molar-refractivity contribution is -0.0222. The van der Waals surface area contributed by atoms with E-state index in [9.17, 15) is 9.59 Å². The van der Waals surface area contributed by atoms with Crippen LogP contribution in [0.5, 0.6) is 0 Å². The molecule has 0 saturated carbocycles. The molecule has 1 aliphatic heterocycles. The fourth-order valence-corrected chi connectivity index (χ4v) is 4.69. The average Bonchev–Trinajstić information content (AvgIpc) is 3.22. The van der Waals surface area contributed by atoms with Crippen LogP contribution in [0.2, 0.25) is 0 Å². The van der Waals surface area contributed by atoms with Crippen LogP contribution < -0.4 is 10.6 Å². The van der Waals surface area contributed by atoms with Gasteiger partial charge in [0.25, 0.3) is 11.8 Å². The average molecular weight is 442 g/mol. The molecule has 3 aromatic heterocycles. The summed E-state index contributed by atoms with van der Waals surface area (Å²) in [7, 11) is 1.75. The first-order valence-corrected chi connectivity index (χ1v) is 10.7. The maximum absolute atomic E-state index is 13.1. The lowest BCUT2D eigenvalue weighted by atomic mass is 10.0. The highest BCUT2D eigenvalue weighted by atomic mass is 32.1. The van der Waals surface area contributed by atoms with Gasteiger partial charge in [-0.15, -0.1) is 11.3 Å². The Labute approximate surface area is 183 Å². The van der Waals surface area contributed by atoms with Crippen LogP contribution in [0.4, 0.5) is 5.82 Å². The third-order valence-electron chi connectivity index (χ3n) is 5.05. The molecule has 4 heterocycles. The number of morpholine rings is 1. The number of aliphatic hydroxyl groups excluding tert-OH is 1. The number of hydrogen-bond donors (Lipinski definition) is 3. The minimum atomic E-state index is -0.462. The van der Waals surface area contributed by atoms with E-state index in [0.29, 0.717) is 36.0 Å². The molecule has 10 heteroatoms. The highest BCUT2D eigenvalue weighted by Gasteiger charge is 2.32. The van der Waals surface area contributed by atoms with Crippen LogP contribution in [-0.4, -0.2) is 71.7 Å². The van der Waals surface area contributed by atoms with E-state index in [-0.39, 0.29) is 25.0 Å². The number of aliphatic hydroxyl groups is 1. The van der Waals surface area contributed by atoms with Crippen molar-refractivity contribution in [2.24, 2.45) is 0 Å². The molecule has 0 spiro atoms. The number of pyridine rings is 2. The number of hydrogen-bond acceptors (Lipinski definition) is 8. The number of rotatable bonds is 6. The highest BCUT2D eigenvalue weighted by Crippen LogP contribution is 2.37. The molecular formula is C21H23N5O4S. The summed E-state index contributed by atoms with van der Waals surface area (Å²) in [6, 6.07) is 7.12. The normalized spacial score (nSPS) is 16.3. The molecule has 0 aromatic carbocycles. The first-order valence-electron chi connectivity index (χ1n) is 9.93. The molecule has 4 rings (SSSR count). The van der Waals surface area contributed by atoms with Gasteiger partial charge in [0, 0.05) is 49.0 Å². The summed E-state index contributed by atoms with van der Waals surface area (Å²) in [5.74, 6) is 0.219. The number of fused-ring (bicyclic) bond motifs is 1. The molecule has 0 radical (unpaired) electrons. The third kappa shape index (κ3) is 4.36. The van der Waals surface area contributed by atoms with E-state index >= 15 is 0 Å². The monoisotopic (exact) mass is 441 g/mol. The Morgan fingerprint density at radius 2 is 2.19 bits per heavy atom. The molecule has 3 aromatic rings. The van der Waals surface area contributed by atoms with Crippen molar-refractivity contribution in [3.63, 3.8) is 0 Å². The zero-order chi connectivity index (χ0) is 21.8. The Morgan fingerprint density at radius 3 is 3.00 bits per heavy atom. The molecule has 0 aliphatic carbocycles. The Bertz CT molecular complexity index is 1100. The Hall–Kier alpha value is -3.08. The van der Waals surface area contributed by atoms with Crippen LogP contribution in [0.1, 0.15) is 31.7 Å². The number of thiophene rings is 1. The summed E-state index contributed by atoms with van der Waals surface area (Å²) in [6.45, 7) is 1.14. The van der Waals surface area contributed by atoms with Crippen molar-refractivity contribution in [2.75, 3.05) is 45.2 Å². The summed E-state index contributed by atoms with van der Waals surface area (Å²) in [5.41, 5.74) is 1.27. The van der Waals surface area contributed by atoms with E-state index in [2.05, 4.69) is 20.6 Å². The first kappa shape index (κ1) is 21.2. The van der Waals surface area contributed by atoms with Crippen LogP contribution in [0.15, 0.2) is 36.7 Å². The number of anilines is 1. The van der Waals surface area contributed by atoms with Crippen molar-refractivity contribution < 1.29 is 19.4 Å². The number of ether oxygens (including phenoxy) is 1. The maximum Gasteiger partial charge on any atom is 0.261 e. The van der Waals surface area contributed by atoms with Crippen LogP contribution >= 0.6 is 11.3 Å². The van der Waals surface area contributed by atoms with Gasteiger partial charge in [0.2, 0.25) is 0 Å². The molecule has 2 amide bonds. The largest absolute Gasteiger partial charge is 0.395 e. The Morgan fingerprint density at radius 1 is 1.32 bits per heavy atom. The topological polar surface area (TPSA) is 117 Å². The number of nitrogens with one attached hydrogen (secondary N) is 2. The quantitative estimate of drug-likeness (QED) is 0.533. The molecule has 1 atom stereocenters. The van der Waals surface area contributed by atoms with E-state index in [1.165, 1.54) is 11.3 Å². The lowest BCUT2D eigenvalue weighted by Crippen LogP contribution is -2.42. The molecule has 162 valence electrons. The summed E-state index contributed by atoms with van der Waals surface area (Å²) < 4.78 is 6.02. The molecule has 0 bridgehead atoms. The van der Waals surface area contributed by atoms with Gasteiger partial charge >= 0.3 is 0 Å². The van der Waals surface area contributed by atoms with Crippen molar-refractivity contribution in [1.29, 1.82) is 0 Å². The van der Waals surface area contributed by atoms with Crippen LogP contribution in [-0.2, 0) is 4.74 Å². The molecule has 1 aliphatic rings. The molecule has 3 N–H and O–H groups in total. The number of nitrogens with zero attached hydrogens (tertiary/aromatic N) is 3. The summed E-state index contributed by atoms with van der Waals surface area (Å²) in [4.78, 5) is 37.3. The standard InChI is InChI=1S/C21H23N5O4S/c1-22-16-11-13(4-6-23-16)21(29)26-8-10-30-15(12-26)17-14-3-2-5-25-20(14)31-18(17)19(28)24-7-9-27/h2-6,11,15,27H,7-10,12H2,1H3,(H,22,23)(H,24,28)/t15-/m1/s1. The zero-order valence-electron chi connectivity index (χ0n) is 17.0. The van der Waals surface area contributed by atoms with E-state index in [0.717, 1.165) is 15.8 Å². The van der Waals surface area contributed by atoms with Crippen LogP contribution in [0.25, 0.3) is 10.2 Å². The van der Waals surface area contributed by atoms with Crippen molar-refractivity contribution in [1.82, 2.24) is 20.2 Å². The van der Waals surface area contributed by atoms with Crippen molar-refractivity contribution in [3.8, 4) is 0 Å². The summed E-state index contributed by atoms with van der Waals surface area (Å²) in [5, 5.41) is 15.5. The van der Waals surface area contributed by atoms with Gasteiger partial charge in [-0.3, -0.25) is 9.59 Å². The smallest absolute Gasteiger partial charge is 0.261 e. The third-order valence-corrected chi connectivity index (χ3v) is 6.18. The van der Waals surface area contributed by atoms with E-state index < -0.39 is 6.10 Å². The molecule has 1 saturated heterocycles. The van der Waals surface area contributed by atoms with Crippen LogP contribution in [0.3, 0.4) is 0 Å². The van der Waals surface area contributed by atoms with Gasteiger partial charge in [0.1, 0.15) is 21.6 Å². The summed E-state index contributed by atoms with van der Waals surface area (Å²) in [6.07, 6.45) is 2.81. The fraction of sp³-hybridized carbons (Fsp3) is 0.333. The number of aromatic nitrogens is 2. The number of carbonyl (C=O) groups is 2. The SMILES string of the molecule is CNc1cc(C(=O)N2CCO[C@@H](c3c(C(=O)NCCO)sc4ncccc34)C2)ccn1. The summed E-state index contributed by atoms with van der Waals surface area (Å²) >= 11 is 1.28. The minimum Gasteiger partial charge on any atom is -0.395 e. The van der Waals surface area contributed by atoms with Gasteiger partial charge < -0.3 is 25.4 Å². The van der Waals surface area contributed by atoms with Crippen LogP contribution in [0, 0.1) is 0 Å². The second kappa shape index (κ2) is 9.38. The van der Waals surface area contributed by atoms with Gasteiger partial charge in [0.05, 0.1) is 19.8 Å². The molecule has 31 heavy (non-hydrogen) atoms. The fourth-order valence-electron chi connectivity index (χ4n) is 3.58. The highest BCUT2D eigenvalue weighted by molar-refractivity contribution is 7.20. The van der Waals surface area contributed by atoms with E-state index in [4.69, 9.17) is 9.84 Å². The minimum absolute atomic E-state index is 0.115. The molecular weight excluding hydrogens is 418 g/mol. The van der Waals surface area contributed by atoms with E-state index in [1.807, 2.05) is 12.1 Å². The molecule has 9 nitrogen and oxygen atoms in total.